The number of amides is 3. The molecule has 0 radical (unpaired) electrons. The summed E-state index contributed by atoms with van der Waals surface area (Å²) < 4.78 is 27.2. The molecule has 1 saturated heterocycles. The average molecular weight is 629 g/mol. The summed E-state index contributed by atoms with van der Waals surface area (Å²) in [6.07, 6.45) is 5.28. The van der Waals surface area contributed by atoms with Gasteiger partial charge in [0, 0.05) is 35.9 Å². The Morgan fingerprint density at radius 3 is 2.33 bits per heavy atom. The van der Waals surface area contributed by atoms with E-state index in [1.54, 1.807) is 6.20 Å². The maximum atomic E-state index is 13.8. The molecule has 2 unspecified atom stereocenters. The van der Waals surface area contributed by atoms with Gasteiger partial charge < -0.3 is 20.0 Å². The Bertz CT molecular complexity index is 1790. The van der Waals surface area contributed by atoms with Gasteiger partial charge in [0.2, 0.25) is 21.8 Å². The Labute approximate surface area is 260 Å². The van der Waals surface area contributed by atoms with Crippen molar-refractivity contribution in [2.75, 3.05) is 6.54 Å². The Morgan fingerprint density at radius 1 is 1.09 bits per heavy atom. The number of aromatic nitrogens is 2. The maximum Gasteiger partial charge on any atom is 0.259 e. The molecule has 0 bridgehead atoms. The highest BCUT2D eigenvalue weighted by Gasteiger charge is 2.62. The number of fused-ring (bicyclic) bond motifs is 3. The molecule has 12 nitrogen and oxygen atoms in total. The molecule has 7 rings (SSSR count). The summed E-state index contributed by atoms with van der Waals surface area (Å²) in [6, 6.07) is 14.8. The molecule has 4 aliphatic rings. The summed E-state index contributed by atoms with van der Waals surface area (Å²) in [5.74, 6) is -1.74. The first-order valence-electron chi connectivity index (χ1n) is 14.9. The van der Waals surface area contributed by atoms with Gasteiger partial charge in [-0.2, -0.15) is 0 Å². The summed E-state index contributed by atoms with van der Waals surface area (Å²) in [5, 5.41) is 6.72. The van der Waals surface area contributed by atoms with E-state index >= 15 is 0 Å². The number of oxime groups is 1. The van der Waals surface area contributed by atoms with Crippen molar-refractivity contribution < 1.29 is 27.6 Å². The van der Waals surface area contributed by atoms with Crippen molar-refractivity contribution in [2.24, 2.45) is 11.1 Å². The third-order valence-corrected chi connectivity index (χ3v) is 10.8. The second-order valence-electron chi connectivity index (χ2n) is 12.0. The number of carbonyl (C=O) groups is 3. The molecule has 0 spiro atoms. The molecular formula is C32H32N6O6S. The highest BCUT2D eigenvalue weighted by molar-refractivity contribution is 7.91. The van der Waals surface area contributed by atoms with Crippen molar-refractivity contribution in [3.05, 3.63) is 90.5 Å². The molecule has 2 aromatic carbocycles. The molecule has 3 aromatic rings. The number of hydrogen-bond acceptors (Lipinski definition) is 8. The van der Waals surface area contributed by atoms with Gasteiger partial charge in [0.1, 0.15) is 29.2 Å². The Balaban J connectivity index is 1.12. The fourth-order valence-corrected chi connectivity index (χ4v) is 7.64. The van der Waals surface area contributed by atoms with Gasteiger partial charge in [-0.25, -0.2) is 13.4 Å². The van der Waals surface area contributed by atoms with Gasteiger partial charge in [-0.05, 0) is 30.4 Å². The molecule has 45 heavy (non-hydrogen) atoms. The third kappa shape index (κ3) is 5.30. The van der Waals surface area contributed by atoms with Crippen molar-refractivity contribution in [1.29, 1.82) is 0 Å². The van der Waals surface area contributed by atoms with E-state index in [0.717, 1.165) is 22.3 Å². The molecule has 3 fully saturated rings. The first kappa shape index (κ1) is 29.0. The van der Waals surface area contributed by atoms with Gasteiger partial charge in [-0.3, -0.25) is 19.1 Å². The van der Waals surface area contributed by atoms with E-state index in [2.05, 4.69) is 31.7 Å². The lowest BCUT2D eigenvalue weighted by Crippen LogP contribution is -2.56. The van der Waals surface area contributed by atoms with Crippen LogP contribution in [0.2, 0.25) is 0 Å². The number of imidazole rings is 1. The Morgan fingerprint density at radius 2 is 1.76 bits per heavy atom. The normalized spacial score (nSPS) is 24.8. The monoisotopic (exact) mass is 628 g/mol. The van der Waals surface area contributed by atoms with Crippen molar-refractivity contribution >= 4 is 33.5 Å². The number of nitrogens with one attached hydrogen (secondary N) is 3. The zero-order valence-corrected chi connectivity index (χ0v) is 25.1. The predicted octanol–water partition coefficient (Wildman–Crippen LogP) is 2.04. The van der Waals surface area contributed by atoms with Crippen LogP contribution in [-0.2, 0) is 35.7 Å². The van der Waals surface area contributed by atoms with Crippen LogP contribution in [0.15, 0.2) is 78.7 Å². The molecule has 3 aliphatic carbocycles. The number of hydrogen-bond donors (Lipinski definition) is 3. The molecule has 3 amide bonds. The molecule has 1 aromatic heterocycles. The SMILES string of the molecule is C=C[C@@H]1C[C@]1(NC(=O)C1CC(ON=C2c3ccccc3-c3ccccc32)CN1C(=O)Cc1ncc[nH]1)C(=O)NS(=O)(=O)C1CC1. The fourth-order valence-electron chi connectivity index (χ4n) is 6.28. The zero-order valence-electron chi connectivity index (χ0n) is 24.3. The first-order chi connectivity index (χ1) is 21.7. The van der Waals surface area contributed by atoms with E-state index in [1.807, 2.05) is 48.5 Å². The number of rotatable bonds is 10. The minimum Gasteiger partial charge on any atom is -0.390 e. The van der Waals surface area contributed by atoms with Gasteiger partial charge in [-0.15, -0.1) is 6.58 Å². The second-order valence-corrected chi connectivity index (χ2v) is 13.9. The van der Waals surface area contributed by atoms with Gasteiger partial charge >= 0.3 is 0 Å². The highest BCUT2D eigenvalue weighted by Crippen LogP contribution is 2.45. The lowest BCUT2D eigenvalue weighted by molar-refractivity contribution is -0.139. The standard InChI is InChI=1S/C32H32N6O6S/c1-2-19-17-32(19,31(41)37-45(42,43)21-11-12-21)35-30(40)26-15-20(18-38(26)28(39)16-27-33-13-14-34-27)44-36-29-24-9-5-3-7-22(24)23-8-4-6-10-25(23)29/h2-10,13-14,19-21,26H,1,11-12,15-18H2,(H,33,34)(H,35,40)(H,37,41)/t19-,20?,26?,32-/m1/s1. The van der Waals surface area contributed by atoms with Crippen molar-refractivity contribution in [2.45, 2.75) is 55.0 Å². The van der Waals surface area contributed by atoms with Crippen LogP contribution < -0.4 is 10.0 Å². The van der Waals surface area contributed by atoms with Gasteiger partial charge in [0.15, 0.2) is 0 Å². The number of aromatic amines is 1. The van der Waals surface area contributed by atoms with Crippen molar-refractivity contribution in [3.63, 3.8) is 0 Å². The van der Waals surface area contributed by atoms with E-state index in [4.69, 9.17) is 4.84 Å². The second kappa shape index (κ2) is 11.0. The largest absolute Gasteiger partial charge is 0.390 e. The van der Waals surface area contributed by atoms with Crippen LogP contribution in [0.3, 0.4) is 0 Å². The molecule has 3 N–H and O–H groups in total. The first-order valence-corrected chi connectivity index (χ1v) is 16.5. The fraction of sp³-hybridized carbons (Fsp3) is 0.344. The predicted molar refractivity (Wildman–Crippen MR) is 164 cm³/mol. The smallest absolute Gasteiger partial charge is 0.259 e. The van der Waals surface area contributed by atoms with Gasteiger partial charge in [0.25, 0.3) is 5.91 Å². The van der Waals surface area contributed by atoms with Crippen LogP contribution in [-0.4, -0.2) is 76.2 Å². The van der Waals surface area contributed by atoms with E-state index < -0.39 is 50.7 Å². The van der Waals surface area contributed by atoms with Crippen LogP contribution in [0.1, 0.15) is 42.6 Å². The summed E-state index contributed by atoms with van der Waals surface area (Å²) in [5.41, 5.74) is 3.14. The average Bonchev–Trinajstić information content (AvgIpc) is 3.87. The van der Waals surface area contributed by atoms with E-state index in [1.165, 1.54) is 17.2 Å². The Hall–Kier alpha value is -4.78. The van der Waals surface area contributed by atoms with E-state index in [9.17, 15) is 22.8 Å². The topological polar surface area (TPSA) is 163 Å². The minimum absolute atomic E-state index is 0.0701. The highest BCUT2D eigenvalue weighted by atomic mass is 32.2. The van der Waals surface area contributed by atoms with E-state index in [0.29, 0.717) is 24.4 Å². The van der Waals surface area contributed by atoms with Crippen LogP contribution in [0.4, 0.5) is 0 Å². The van der Waals surface area contributed by atoms with Crippen LogP contribution >= 0.6 is 0 Å². The van der Waals surface area contributed by atoms with Crippen LogP contribution in [0, 0.1) is 5.92 Å². The number of nitrogens with zero attached hydrogens (tertiary/aromatic N) is 3. The summed E-state index contributed by atoms with van der Waals surface area (Å²) in [7, 11) is -3.83. The summed E-state index contributed by atoms with van der Waals surface area (Å²) in [6.45, 7) is 3.83. The third-order valence-electron chi connectivity index (χ3n) is 8.96. The quantitative estimate of drug-likeness (QED) is 0.179. The molecule has 2 saturated carbocycles. The lowest BCUT2D eigenvalue weighted by atomic mass is 10.1. The van der Waals surface area contributed by atoms with Crippen LogP contribution in [0.25, 0.3) is 11.1 Å². The van der Waals surface area contributed by atoms with Crippen LogP contribution in [0.5, 0.6) is 0 Å². The number of benzene rings is 2. The molecule has 1 aliphatic heterocycles. The van der Waals surface area contributed by atoms with Gasteiger partial charge in [0.05, 0.1) is 18.2 Å². The number of sulfonamides is 1. The maximum absolute atomic E-state index is 13.8. The minimum atomic E-state index is -3.83. The van der Waals surface area contributed by atoms with Gasteiger partial charge in [-0.1, -0.05) is 59.8 Å². The summed E-state index contributed by atoms with van der Waals surface area (Å²) >= 11 is 0. The number of carbonyl (C=O) groups excluding carboxylic acids is 3. The molecule has 2 heterocycles. The number of likely N-dealkylation sites (tertiary alicyclic amines) is 1. The Kier molecular flexibility index (Phi) is 7.07. The molecule has 13 heteroatoms. The van der Waals surface area contributed by atoms with Crippen molar-refractivity contribution in [1.82, 2.24) is 24.9 Å². The zero-order chi connectivity index (χ0) is 31.3. The summed E-state index contributed by atoms with van der Waals surface area (Å²) in [4.78, 5) is 55.1. The van der Waals surface area contributed by atoms with Crippen molar-refractivity contribution in [3.8, 4) is 11.1 Å². The molecular weight excluding hydrogens is 596 g/mol. The molecule has 4 atom stereocenters. The lowest BCUT2D eigenvalue weighted by Gasteiger charge is -2.26. The molecule has 232 valence electrons. The number of H-pyrrole nitrogens is 1. The van der Waals surface area contributed by atoms with E-state index in [-0.39, 0.29) is 31.7 Å².